The first kappa shape index (κ1) is 26.6. The summed E-state index contributed by atoms with van der Waals surface area (Å²) in [5.41, 5.74) is 15.3. The Morgan fingerprint density at radius 1 is 0.711 bits per heavy atom. The molecule has 9 rings (SSSR count). The second kappa shape index (κ2) is 9.58. The molecule has 1 aromatic heterocycles. The largest absolute Gasteiger partial charge is 0.488 e. The minimum absolute atomic E-state index is 0.140. The zero-order valence-corrected chi connectivity index (χ0v) is 25.3. The fraction of sp³-hybridized carbons (Fsp3) is 0.150. The van der Waals surface area contributed by atoms with Crippen LogP contribution in [0, 0.1) is 0 Å². The van der Waals surface area contributed by atoms with Crippen LogP contribution in [0.2, 0.25) is 0 Å². The molecule has 0 saturated heterocycles. The molecule has 3 aliphatic rings. The molecule has 218 valence electrons. The van der Waals surface area contributed by atoms with Gasteiger partial charge in [-0.05, 0) is 94.1 Å². The average molecular weight is 586 g/mol. The number of benzene rings is 5. The van der Waals surface area contributed by atoms with Crippen LogP contribution in [-0.2, 0) is 11.8 Å². The number of hydrogen-bond donors (Lipinski definition) is 2. The van der Waals surface area contributed by atoms with Gasteiger partial charge in [-0.2, -0.15) is 0 Å². The monoisotopic (exact) mass is 585 g/mol. The quantitative estimate of drug-likeness (QED) is 0.210. The minimum Gasteiger partial charge on any atom is -0.455 e. The van der Waals surface area contributed by atoms with Crippen LogP contribution in [0.15, 0.2) is 108 Å². The van der Waals surface area contributed by atoms with Crippen LogP contribution >= 0.6 is 0 Å². The van der Waals surface area contributed by atoms with Crippen molar-refractivity contribution >= 4 is 46.7 Å². The van der Waals surface area contributed by atoms with E-state index in [9.17, 15) is 10.0 Å². The van der Waals surface area contributed by atoms with Gasteiger partial charge >= 0.3 is 7.12 Å². The van der Waals surface area contributed by atoms with E-state index in [-0.39, 0.29) is 5.41 Å². The van der Waals surface area contributed by atoms with Crippen LogP contribution < -0.4 is 15.5 Å². The zero-order chi connectivity index (χ0) is 30.4. The third-order valence-electron chi connectivity index (χ3n) is 10.2. The highest BCUT2D eigenvalue weighted by Crippen LogP contribution is 2.51. The van der Waals surface area contributed by atoms with Crippen LogP contribution in [0.1, 0.15) is 48.9 Å². The maximum Gasteiger partial charge on any atom is 0.488 e. The summed E-state index contributed by atoms with van der Waals surface area (Å²) in [6.07, 6.45) is 4.37. The Balaban J connectivity index is 1.29. The summed E-state index contributed by atoms with van der Waals surface area (Å²) in [4.78, 5) is 2.31. The predicted molar refractivity (Wildman–Crippen MR) is 183 cm³/mol. The summed E-state index contributed by atoms with van der Waals surface area (Å²) in [6, 6.07) is 37.3. The summed E-state index contributed by atoms with van der Waals surface area (Å²) >= 11 is 0. The number of furan rings is 1. The van der Waals surface area contributed by atoms with Crippen molar-refractivity contribution in [1.29, 1.82) is 0 Å². The Morgan fingerprint density at radius 2 is 1.42 bits per heavy atom. The van der Waals surface area contributed by atoms with Gasteiger partial charge in [-0.1, -0.05) is 92.7 Å². The second-order valence-corrected chi connectivity index (χ2v) is 13.1. The topological polar surface area (TPSA) is 56.8 Å². The molecule has 4 nitrogen and oxygen atoms in total. The molecule has 1 heterocycles. The molecule has 5 aromatic carbocycles. The van der Waals surface area contributed by atoms with Gasteiger partial charge in [0.25, 0.3) is 0 Å². The van der Waals surface area contributed by atoms with Gasteiger partial charge in [0, 0.05) is 32.9 Å². The lowest BCUT2D eigenvalue weighted by molar-refractivity contribution is 0.422. The predicted octanol–water partition coefficient (Wildman–Crippen LogP) is 7.52. The molecular formula is C40H32BNO3. The Labute approximate surface area is 262 Å². The van der Waals surface area contributed by atoms with Crippen molar-refractivity contribution in [3.8, 4) is 22.3 Å². The molecule has 3 aliphatic carbocycles. The van der Waals surface area contributed by atoms with E-state index in [1.165, 1.54) is 44.5 Å². The van der Waals surface area contributed by atoms with Gasteiger partial charge in [0.05, 0.1) is 5.69 Å². The third kappa shape index (κ3) is 3.81. The number of rotatable bonds is 4. The van der Waals surface area contributed by atoms with E-state index >= 15 is 0 Å². The third-order valence-corrected chi connectivity index (χ3v) is 10.2. The van der Waals surface area contributed by atoms with E-state index in [1.54, 1.807) is 0 Å². The van der Waals surface area contributed by atoms with E-state index in [2.05, 4.69) is 128 Å². The normalized spacial score (nSPS) is 15.2. The lowest BCUT2D eigenvalue weighted by Gasteiger charge is -2.28. The van der Waals surface area contributed by atoms with Crippen molar-refractivity contribution in [2.75, 3.05) is 4.90 Å². The van der Waals surface area contributed by atoms with E-state index < -0.39 is 7.12 Å². The highest BCUT2D eigenvalue weighted by molar-refractivity contribution is 6.63. The Bertz CT molecular complexity index is 2330. The van der Waals surface area contributed by atoms with Gasteiger partial charge in [0.1, 0.15) is 5.42 Å². The number of hydrogen-bond acceptors (Lipinski definition) is 4. The van der Waals surface area contributed by atoms with Gasteiger partial charge < -0.3 is 19.4 Å². The molecule has 45 heavy (non-hydrogen) atoms. The standard InChI is InChI=1S/C40H32BNO3/c1-40(2)34-14-6-5-11-30(34)31-20-18-27(23-35(31)40)42(26-17-19-29-25(22-26)21-24-9-3-4-10-28(24)29)37-16-8-13-33-32-12-7-15-36(41(43)44)38(32)45-39(33)37/h3-6,8-14,16-20,22-23,43-44H,7,15,21H2,1-2H3. The second-order valence-electron chi connectivity index (χ2n) is 13.1. The minimum atomic E-state index is -1.54. The Kier molecular flexibility index (Phi) is 5.65. The van der Waals surface area contributed by atoms with Crippen LogP contribution in [0.4, 0.5) is 17.1 Å². The van der Waals surface area contributed by atoms with Crippen molar-refractivity contribution in [2.45, 2.75) is 38.5 Å². The maximum absolute atomic E-state index is 10.2. The molecule has 0 bridgehead atoms. The van der Waals surface area contributed by atoms with Crippen LogP contribution in [0.3, 0.4) is 0 Å². The Morgan fingerprint density at radius 3 is 2.27 bits per heavy atom. The maximum atomic E-state index is 10.2. The van der Waals surface area contributed by atoms with Gasteiger partial charge in [0.2, 0.25) is 0 Å². The molecule has 0 atom stereocenters. The van der Waals surface area contributed by atoms with E-state index in [4.69, 9.17) is 4.42 Å². The SMILES string of the molecule is CC1(C)c2ccccc2-c2ccc(N(c3ccc4c(c3)Cc3ccccc3-4)c3cccc4c5c(oc34)=C(B(O)O)CCC=5)cc21. The average Bonchev–Trinajstić information content (AvgIpc) is 3.69. The lowest BCUT2D eigenvalue weighted by Crippen LogP contribution is -2.32. The zero-order valence-electron chi connectivity index (χ0n) is 25.3. The molecule has 0 radical (unpaired) electrons. The molecule has 0 unspecified atom stereocenters. The fourth-order valence-corrected chi connectivity index (χ4v) is 8.00. The summed E-state index contributed by atoms with van der Waals surface area (Å²) in [5.74, 6) is 0. The molecule has 0 amide bonds. The lowest BCUT2D eigenvalue weighted by atomic mass is 9.75. The highest BCUT2D eigenvalue weighted by atomic mass is 16.4. The molecule has 6 aromatic rings. The van der Waals surface area contributed by atoms with Gasteiger partial charge in [0.15, 0.2) is 5.58 Å². The summed E-state index contributed by atoms with van der Waals surface area (Å²) < 4.78 is 6.62. The molecule has 2 N–H and O–H groups in total. The summed E-state index contributed by atoms with van der Waals surface area (Å²) in [5, 5.41) is 22.3. The molecular weight excluding hydrogens is 553 g/mol. The first-order chi connectivity index (χ1) is 21.9. The summed E-state index contributed by atoms with van der Waals surface area (Å²) in [7, 11) is -1.54. The van der Waals surface area contributed by atoms with Gasteiger partial charge in [-0.15, -0.1) is 0 Å². The fourth-order valence-electron chi connectivity index (χ4n) is 8.00. The van der Waals surface area contributed by atoms with Crippen LogP contribution in [0.25, 0.3) is 44.8 Å². The first-order valence-corrected chi connectivity index (χ1v) is 15.8. The number of para-hydroxylation sites is 1. The van der Waals surface area contributed by atoms with Gasteiger partial charge in [-0.25, -0.2) is 0 Å². The van der Waals surface area contributed by atoms with E-state index in [0.717, 1.165) is 46.1 Å². The van der Waals surface area contributed by atoms with Crippen molar-refractivity contribution in [2.24, 2.45) is 0 Å². The van der Waals surface area contributed by atoms with Crippen LogP contribution in [-0.4, -0.2) is 17.2 Å². The first-order valence-electron chi connectivity index (χ1n) is 15.8. The number of fused-ring (bicyclic) bond motifs is 9. The Hall–Kier alpha value is -4.84. The van der Waals surface area contributed by atoms with Gasteiger partial charge in [-0.3, -0.25) is 0 Å². The number of anilines is 3. The summed E-state index contributed by atoms with van der Waals surface area (Å²) in [6.45, 7) is 4.63. The molecule has 0 aliphatic heterocycles. The smallest absolute Gasteiger partial charge is 0.455 e. The van der Waals surface area contributed by atoms with Crippen molar-refractivity contribution in [1.82, 2.24) is 0 Å². The molecule has 0 fully saturated rings. The molecule has 0 spiro atoms. The van der Waals surface area contributed by atoms with Crippen molar-refractivity contribution < 1.29 is 14.5 Å². The number of nitrogens with zero attached hydrogens (tertiary/aromatic N) is 1. The van der Waals surface area contributed by atoms with Crippen molar-refractivity contribution in [3.63, 3.8) is 0 Å². The van der Waals surface area contributed by atoms with E-state index in [0.29, 0.717) is 17.3 Å². The van der Waals surface area contributed by atoms with Crippen LogP contribution in [0.5, 0.6) is 0 Å². The highest BCUT2D eigenvalue weighted by Gasteiger charge is 2.36. The van der Waals surface area contributed by atoms with Crippen molar-refractivity contribution in [3.05, 3.63) is 136 Å². The molecule has 5 heteroatoms. The molecule has 0 saturated carbocycles. The van der Waals surface area contributed by atoms with E-state index in [1.807, 2.05) is 0 Å².